The summed E-state index contributed by atoms with van der Waals surface area (Å²) in [5, 5.41) is 3.13. The van der Waals surface area contributed by atoms with Crippen molar-refractivity contribution >= 4 is 5.82 Å². The molecule has 0 aromatic carbocycles. The number of aromatic nitrogens is 3. The number of nitrogens with zero attached hydrogens (tertiary/aromatic N) is 3. The van der Waals surface area contributed by atoms with Crippen LogP contribution in [0.5, 0.6) is 0 Å². The predicted molar refractivity (Wildman–Crippen MR) is 75.3 cm³/mol. The third-order valence-electron chi connectivity index (χ3n) is 3.89. The van der Waals surface area contributed by atoms with E-state index in [1.165, 1.54) is 17.7 Å². The molecule has 1 aliphatic carbocycles. The Kier molecular flexibility index (Phi) is 3.15. The van der Waals surface area contributed by atoms with E-state index >= 15 is 0 Å². The van der Waals surface area contributed by atoms with Gasteiger partial charge in [0.05, 0.1) is 11.4 Å². The minimum Gasteiger partial charge on any atom is -0.373 e. The van der Waals surface area contributed by atoms with Gasteiger partial charge >= 0.3 is 0 Å². The largest absolute Gasteiger partial charge is 0.373 e. The predicted octanol–water partition coefficient (Wildman–Crippen LogP) is 2.69. The van der Waals surface area contributed by atoms with E-state index in [9.17, 15) is 0 Å². The molecule has 1 N–H and O–H groups in total. The summed E-state index contributed by atoms with van der Waals surface area (Å²) in [7, 11) is 1.90. The van der Waals surface area contributed by atoms with Gasteiger partial charge in [0, 0.05) is 24.7 Å². The third-order valence-corrected chi connectivity index (χ3v) is 3.89. The van der Waals surface area contributed by atoms with Gasteiger partial charge in [0.1, 0.15) is 12.1 Å². The van der Waals surface area contributed by atoms with E-state index in [0.29, 0.717) is 5.92 Å². The number of nitrogens with one attached hydrogen (secondary N) is 1. The minimum absolute atomic E-state index is 0.306. The van der Waals surface area contributed by atoms with Crippen LogP contribution in [0.25, 0.3) is 0 Å². The Morgan fingerprint density at radius 1 is 1.21 bits per heavy atom. The third kappa shape index (κ3) is 2.07. The molecule has 2 heterocycles. The molecular formula is C15H18N4. The molecular weight excluding hydrogens is 236 g/mol. The molecule has 0 saturated heterocycles. The van der Waals surface area contributed by atoms with Gasteiger partial charge < -0.3 is 5.32 Å². The molecule has 3 rings (SSSR count). The van der Waals surface area contributed by atoms with Crippen LogP contribution < -0.4 is 5.32 Å². The van der Waals surface area contributed by atoms with E-state index in [1.807, 2.05) is 19.3 Å². The van der Waals surface area contributed by atoms with E-state index in [2.05, 4.69) is 33.3 Å². The maximum Gasteiger partial charge on any atom is 0.132 e. The number of anilines is 1. The first-order valence-electron chi connectivity index (χ1n) is 6.74. The molecule has 19 heavy (non-hydrogen) atoms. The first-order valence-corrected chi connectivity index (χ1v) is 6.74. The molecule has 1 atom stereocenters. The highest BCUT2D eigenvalue weighted by atomic mass is 15.0. The Morgan fingerprint density at radius 3 is 2.95 bits per heavy atom. The fourth-order valence-corrected chi connectivity index (χ4v) is 2.94. The second kappa shape index (κ2) is 4.96. The van der Waals surface area contributed by atoms with Crippen molar-refractivity contribution in [3.63, 3.8) is 0 Å². The van der Waals surface area contributed by atoms with Crippen molar-refractivity contribution in [2.24, 2.45) is 0 Å². The number of hydrogen-bond acceptors (Lipinski definition) is 4. The second-order valence-corrected chi connectivity index (χ2v) is 4.98. The SMILES string of the molecule is CNc1ncnc(C2CCCc3cccnc32)c1C. The maximum atomic E-state index is 4.59. The number of pyridine rings is 1. The second-order valence-electron chi connectivity index (χ2n) is 4.98. The summed E-state index contributed by atoms with van der Waals surface area (Å²) in [6.45, 7) is 2.08. The van der Waals surface area contributed by atoms with E-state index in [4.69, 9.17) is 0 Å². The standard InChI is InChI=1S/C15H18N4/c1-10-13(18-9-19-15(10)16-2)12-7-3-5-11-6-4-8-17-14(11)12/h4,6,8-9,12H,3,5,7H2,1-2H3,(H,16,18,19). The molecule has 1 aliphatic rings. The van der Waals surface area contributed by atoms with Crippen molar-refractivity contribution in [1.29, 1.82) is 0 Å². The molecule has 0 spiro atoms. The maximum absolute atomic E-state index is 4.59. The Bertz CT molecular complexity index is 594. The van der Waals surface area contributed by atoms with Crippen molar-refractivity contribution in [3.8, 4) is 0 Å². The lowest BCUT2D eigenvalue weighted by Gasteiger charge is -2.25. The summed E-state index contributed by atoms with van der Waals surface area (Å²) in [6, 6.07) is 4.21. The normalized spacial score (nSPS) is 17.9. The van der Waals surface area contributed by atoms with Crippen LogP contribution >= 0.6 is 0 Å². The summed E-state index contributed by atoms with van der Waals surface area (Å²) in [6.07, 6.45) is 6.97. The Labute approximate surface area is 113 Å². The highest BCUT2D eigenvalue weighted by Crippen LogP contribution is 2.36. The lowest BCUT2D eigenvalue weighted by atomic mass is 9.83. The average Bonchev–Trinajstić information content (AvgIpc) is 2.47. The molecule has 0 amide bonds. The van der Waals surface area contributed by atoms with E-state index in [0.717, 1.165) is 29.9 Å². The zero-order valence-corrected chi connectivity index (χ0v) is 11.3. The lowest BCUT2D eigenvalue weighted by Crippen LogP contribution is -2.16. The number of rotatable bonds is 2. The molecule has 98 valence electrons. The van der Waals surface area contributed by atoms with Crippen molar-refractivity contribution < 1.29 is 0 Å². The Hall–Kier alpha value is -1.97. The van der Waals surface area contributed by atoms with Crippen LogP contribution in [0.3, 0.4) is 0 Å². The van der Waals surface area contributed by atoms with E-state index in [1.54, 1.807) is 6.33 Å². The van der Waals surface area contributed by atoms with E-state index < -0.39 is 0 Å². The number of fused-ring (bicyclic) bond motifs is 1. The lowest BCUT2D eigenvalue weighted by molar-refractivity contribution is 0.584. The van der Waals surface area contributed by atoms with Gasteiger partial charge in [-0.15, -0.1) is 0 Å². The summed E-state index contributed by atoms with van der Waals surface area (Å²) in [4.78, 5) is 13.4. The summed E-state index contributed by atoms with van der Waals surface area (Å²) < 4.78 is 0. The van der Waals surface area contributed by atoms with Crippen molar-refractivity contribution in [1.82, 2.24) is 15.0 Å². The zero-order chi connectivity index (χ0) is 13.2. The van der Waals surface area contributed by atoms with Crippen LogP contribution in [-0.2, 0) is 6.42 Å². The summed E-state index contributed by atoms with van der Waals surface area (Å²) in [5.41, 5.74) is 4.80. The molecule has 4 heteroatoms. The van der Waals surface area contributed by atoms with Gasteiger partial charge in [0.25, 0.3) is 0 Å². The minimum atomic E-state index is 0.306. The molecule has 0 saturated carbocycles. The van der Waals surface area contributed by atoms with Gasteiger partial charge in [-0.05, 0) is 37.8 Å². The molecule has 4 nitrogen and oxygen atoms in total. The van der Waals surface area contributed by atoms with Crippen LogP contribution in [0.15, 0.2) is 24.7 Å². The smallest absolute Gasteiger partial charge is 0.132 e. The Balaban J connectivity index is 2.09. The molecule has 2 aromatic rings. The quantitative estimate of drug-likeness (QED) is 0.895. The zero-order valence-electron chi connectivity index (χ0n) is 11.3. The van der Waals surface area contributed by atoms with E-state index in [-0.39, 0.29) is 0 Å². The van der Waals surface area contributed by atoms with Crippen LogP contribution in [0.1, 0.15) is 41.3 Å². The van der Waals surface area contributed by atoms with Crippen molar-refractivity contribution in [2.45, 2.75) is 32.1 Å². The summed E-state index contributed by atoms with van der Waals surface area (Å²) in [5.74, 6) is 1.22. The monoisotopic (exact) mass is 254 g/mol. The van der Waals surface area contributed by atoms with Gasteiger partial charge in [-0.3, -0.25) is 4.98 Å². The van der Waals surface area contributed by atoms with Gasteiger partial charge in [0.2, 0.25) is 0 Å². The molecule has 0 radical (unpaired) electrons. The van der Waals surface area contributed by atoms with Crippen LogP contribution in [0.2, 0.25) is 0 Å². The molecule has 0 fully saturated rings. The molecule has 2 aromatic heterocycles. The van der Waals surface area contributed by atoms with Crippen LogP contribution in [0, 0.1) is 6.92 Å². The molecule has 0 bridgehead atoms. The number of hydrogen-bond donors (Lipinski definition) is 1. The number of aryl methyl sites for hydroxylation is 1. The first-order chi connectivity index (χ1) is 9.31. The topological polar surface area (TPSA) is 50.7 Å². The summed E-state index contributed by atoms with van der Waals surface area (Å²) >= 11 is 0. The van der Waals surface area contributed by atoms with Crippen molar-refractivity contribution in [3.05, 3.63) is 47.2 Å². The average molecular weight is 254 g/mol. The van der Waals surface area contributed by atoms with Crippen molar-refractivity contribution in [2.75, 3.05) is 12.4 Å². The van der Waals surface area contributed by atoms with Crippen LogP contribution in [0.4, 0.5) is 5.82 Å². The van der Waals surface area contributed by atoms with Gasteiger partial charge in [-0.1, -0.05) is 6.07 Å². The highest BCUT2D eigenvalue weighted by Gasteiger charge is 2.26. The fourth-order valence-electron chi connectivity index (χ4n) is 2.94. The highest BCUT2D eigenvalue weighted by molar-refractivity contribution is 5.47. The molecule has 0 aliphatic heterocycles. The Morgan fingerprint density at radius 2 is 2.11 bits per heavy atom. The van der Waals surface area contributed by atoms with Gasteiger partial charge in [-0.2, -0.15) is 0 Å². The van der Waals surface area contributed by atoms with Crippen LogP contribution in [-0.4, -0.2) is 22.0 Å². The first kappa shape index (κ1) is 12.1. The van der Waals surface area contributed by atoms with Gasteiger partial charge in [0.15, 0.2) is 0 Å². The molecule has 1 unspecified atom stereocenters. The fraction of sp³-hybridized carbons (Fsp3) is 0.400. The van der Waals surface area contributed by atoms with Gasteiger partial charge in [-0.25, -0.2) is 9.97 Å².